The number of aromatic nitrogens is 2. The van der Waals surface area contributed by atoms with E-state index in [1.54, 1.807) is 0 Å². The van der Waals surface area contributed by atoms with E-state index in [0.29, 0.717) is 0 Å². The van der Waals surface area contributed by atoms with E-state index in [1.165, 1.54) is 38.7 Å². The van der Waals surface area contributed by atoms with Crippen LogP contribution in [0.15, 0.2) is 79.0 Å². The van der Waals surface area contributed by atoms with E-state index in [1.807, 2.05) is 13.8 Å². The quantitative estimate of drug-likeness (QED) is 0.101. The number of terminal acetylenes is 1. The van der Waals surface area contributed by atoms with Crippen LogP contribution in [-0.4, -0.2) is 9.55 Å². The van der Waals surface area contributed by atoms with Gasteiger partial charge in [0.25, 0.3) is 0 Å². The summed E-state index contributed by atoms with van der Waals surface area (Å²) in [4.78, 5) is 5.00. The molecule has 0 N–H and O–H groups in total. The van der Waals surface area contributed by atoms with Gasteiger partial charge in [-0.05, 0) is 96.8 Å². The van der Waals surface area contributed by atoms with Crippen LogP contribution in [0.5, 0.6) is 0 Å². The minimum atomic E-state index is 0.870. The highest BCUT2D eigenvalue weighted by molar-refractivity contribution is 7.28. The SMILES string of the molecule is C#CC(=C)CCCCc1cccc(-c2ccc(CC)c(/C=C/c3nc(-c4ccc(C)cc4P)cn3CC)c2)c1.CC. The lowest BCUT2D eigenvalue weighted by Crippen LogP contribution is -1.97. The number of aryl methyl sites for hydroxylation is 4. The van der Waals surface area contributed by atoms with Gasteiger partial charge in [0.05, 0.1) is 5.69 Å². The summed E-state index contributed by atoms with van der Waals surface area (Å²) < 4.78 is 2.22. The van der Waals surface area contributed by atoms with Crippen molar-refractivity contribution < 1.29 is 0 Å². The molecule has 2 nitrogen and oxygen atoms in total. The van der Waals surface area contributed by atoms with Crippen molar-refractivity contribution in [2.45, 2.75) is 73.3 Å². The maximum Gasteiger partial charge on any atom is 0.133 e. The zero-order chi connectivity index (χ0) is 29.8. The van der Waals surface area contributed by atoms with Crippen LogP contribution < -0.4 is 5.30 Å². The van der Waals surface area contributed by atoms with Gasteiger partial charge in [-0.1, -0.05) is 99.5 Å². The molecule has 1 heterocycles. The third-order valence-corrected chi connectivity index (χ3v) is 7.71. The number of benzene rings is 3. The summed E-state index contributed by atoms with van der Waals surface area (Å²) in [6.07, 6.45) is 17.1. The monoisotopic (exact) mass is 560 g/mol. The van der Waals surface area contributed by atoms with Crippen LogP contribution in [0.3, 0.4) is 0 Å². The average Bonchev–Trinajstić information content (AvgIpc) is 3.42. The number of rotatable bonds is 11. The van der Waals surface area contributed by atoms with Gasteiger partial charge in [-0.15, -0.1) is 15.7 Å². The zero-order valence-corrected chi connectivity index (χ0v) is 26.7. The van der Waals surface area contributed by atoms with Gasteiger partial charge in [0.2, 0.25) is 0 Å². The van der Waals surface area contributed by atoms with Crippen molar-refractivity contribution in [2.75, 3.05) is 0 Å². The minimum absolute atomic E-state index is 0.870. The second kappa shape index (κ2) is 16.0. The van der Waals surface area contributed by atoms with E-state index in [0.717, 1.165) is 61.3 Å². The molecular weight excluding hydrogens is 515 g/mol. The molecule has 4 aromatic rings. The first-order valence-electron chi connectivity index (χ1n) is 14.9. The Kier molecular flexibility index (Phi) is 12.4. The normalized spacial score (nSPS) is 10.8. The van der Waals surface area contributed by atoms with Crippen LogP contribution in [0.25, 0.3) is 34.5 Å². The Hall–Kier alpha value is -3.66. The van der Waals surface area contributed by atoms with E-state index >= 15 is 0 Å². The van der Waals surface area contributed by atoms with E-state index in [2.05, 4.69) is 126 Å². The Morgan fingerprint density at radius 1 is 1.00 bits per heavy atom. The van der Waals surface area contributed by atoms with Crippen LogP contribution in [0.1, 0.15) is 75.0 Å². The molecule has 0 aliphatic heterocycles. The van der Waals surface area contributed by atoms with Gasteiger partial charge < -0.3 is 4.57 Å². The maximum absolute atomic E-state index is 5.43. The van der Waals surface area contributed by atoms with E-state index in [-0.39, 0.29) is 0 Å². The summed E-state index contributed by atoms with van der Waals surface area (Å²) in [5.41, 5.74) is 10.7. The molecule has 0 aliphatic carbocycles. The van der Waals surface area contributed by atoms with Gasteiger partial charge in [0.1, 0.15) is 5.82 Å². The molecule has 1 aromatic heterocycles. The second-order valence-electron chi connectivity index (χ2n) is 10.1. The molecule has 0 bridgehead atoms. The number of imidazole rings is 1. The van der Waals surface area contributed by atoms with Crippen molar-refractivity contribution in [2.24, 2.45) is 0 Å². The fourth-order valence-electron chi connectivity index (χ4n) is 4.92. The van der Waals surface area contributed by atoms with Crippen molar-refractivity contribution in [1.29, 1.82) is 0 Å². The molecule has 4 rings (SSSR count). The molecule has 3 aromatic carbocycles. The topological polar surface area (TPSA) is 17.8 Å². The summed E-state index contributed by atoms with van der Waals surface area (Å²) in [5.74, 6) is 3.61. The summed E-state index contributed by atoms with van der Waals surface area (Å²) in [7, 11) is 2.85. The summed E-state index contributed by atoms with van der Waals surface area (Å²) in [6.45, 7) is 15.3. The Morgan fingerprint density at radius 2 is 1.78 bits per heavy atom. The van der Waals surface area contributed by atoms with Crippen molar-refractivity contribution in [3.63, 3.8) is 0 Å². The number of nitrogens with zero attached hydrogens (tertiary/aromatic N) is 2. The first kappa shape index (κ1) is 31.9. The van der Waals surface area contributed by atoms with Gasteiger partial charge in [-0.25, -0.2) is 4.98 Å². The molecule has 0 aliphatic rings. The van der Waals surface area contributed by atoms with Gasteiger partial charge in [-0.3, -0.25) is 0 Å². The molecular formula is C38H45N2P. The van der Waals surface area contributed by atoms with Gasteiger partial charge in [-0.2, -0.15) is 0 Å². The zero-order valence-electron chi connectivity index (χ0n) is 25.5. The molecule has 0 amide bonds. The van der Waals surface area contributed by atoms with Gasteiger partial charge in [0, 0.05) is 18.3 Å². The summed E-state index contributed by atoms with van der Waals surface area (Å²) >= 11 is 0. The largest absolute Gasteiger partial charge is 0.331 e. The Labute approximate surface area is 250 Å². The fourth-order valence-corrected chi connectivity index (χ4v) is 5.43. The highest BCUT2D eigenvalue weighted by Gasteiger charge is 2.10. The standard InChI is InChI=1S/C36H39N2P.C2H6/c1-6-26(4)12-9-10-13-28-14-11-15-30(23-28)32-18-17-29(7-2)31(24-32)19-21-36-37-34(25-38(36)8-3)33-20-16-27(5)22-35(33)39;1-2/h1,11,14-25H,4,7-10,12-13,39H2,2-3,5H3;1-2H3/b21-19+;. The molecule has 0 radical (unpaired) electrons. The highest BCUT2D eigenvalue weighted by atomic mass is 31.0. The van der Waals surface area contributed by atoms with Crippen LogP contribution in [-0.2, 0) is 19.4 Å². The lowest BCUT2D eigenvalue weighted by Gasteiger charge is -2.10. The Bertz CT molecular complexity index is 1530. The minimum Gasteiger partial charge on any atom is -0.331 e. The fraction of sp³-hybridized carbons (Fsp3) is 0.289. The Morgan fingerprint density at radius 3 is 2.49 bits per heavy atom. The third kappa shape index (κ3) is 8.66. The van der Waals surface area contributed by atoms with E-state index in [4.69, 9.17) is 11.4 Å². The van der Waals surface area contributed by atoms with E-state index < -0.39 is 0 Å². The number of hydrogen-bond acceptors (Lipinski definition) is 1. The lowest BCUT2D eigenvalue weighted by molar-refractivity contribution is 0.739. The third-order valence-electron chi connectivity index (χ3n) is 7.23. The lowest BCUT2D eigenvalue weighted by atomic mass is 9.95. The maximum atomic E-state index is 5.43. The number of unbranched alkanes of at least 4 members (excludes halogenated alkanes) is 1. The molecule has 0 saturated heterocycles. The molecule has 212 valence electrons. The predicted molar refractivity (Wildman–Crippen MR) is 184 cm³/mol. The molecule has 0 spiro atoms. The van der Waals surface area contributed by atoms with Crippen molar-refractivity contribution in [1.82, 2.24) is 9.55 Å². The first-order chi connectivity index (χ1) is 19.9. The van der Waals surface area contributed by atoms with Crippen LogP contribution in [0, 0.1) is 19.3 Å². The van der Waals surface area contributed by atoms with Crippen LogP contribution in [0.2, 0.25) is 0 Å². The average molecular weight is 561 g/mol. The van der Waals surface area contributed by atoms with Crippen LogP contribution >= 0.6 is 9.24 Å². The van der Waals surface area contributed by atoms with Crippen molar-refractivity contribution in [3.05, 3.63) is 107 Å². The Balaban J connectivity index is 0.00000226. The van der Waals surface area contributed by atoms with Gasteiger partial charge in [0.15, 0.2) is 0 Å². The van der Waals surface area contributed by atoms with E-state index in [9.17, 15) is 0 Å². The number of hydrogen-bond donors (Lipinski definition) is 0. The summed E-state index contributed by atoms with van der Waals surface area (Å²) in [6, 6.07) is 22.2. The van der Waals surface area contributed by atoms with Crippen molar-refractivity contribution >= 4 is 26.7 Å². The second-order valence-corrected chi connectivity index (χ2v) is 10.7. The molecule has 41 heavy (non-hydrogen) atoms. The first-order valence-corrected chi connectivity index (χ1v) is 15.5. The highest BCUT2D eigenvalue weighted by Crippen LogP contribution is 2.27. The molecule has 0 saturated carbocycles. The van der Waals surface area contributed by atoms with Gasteiger partial charge >= 0.3 is 0 Å². The summed E-state index contributed by atoms with van der Waals surface area (Å²) in [5, 5.41) is 1.17. The number of allylic oxidation sites excluding steroid dienone is 1. The van der Waals surface area contributed by atoms with Crippen LogP contribution in [0.4, 0.5) is 0 Å². The van der Waals surface area contributed by atoms with Crippen molar-refractivity contribution in [3.8, 4) is 34.7 Å². The molecule has 3 heteroatoms. The predicted octanol–water partition coefficient (Wildman–Crippen LogP) is 9.71. The molecule has 1 unspecified atom stereocenters. The molecule has 1 atom stereocenters. The molecule has 0 fully saturated rings. The smallest absolute Gasteiger partial charge is 0.133 e.